The standard InChI is InChI=1S/C12H18BNO2/c1-14(8-10-6-7-10)9-11-4-2-3-5-12(11)13(15)16/h2-5,10,15-16H,6-9H2,1H3. The van der Waals surface area contributed by atoms with Gasteiger partial charge in [0.05, 0.1) is 0 Å². The minimum atomic E-state index is -1.37. The van der Waals surface area contributed by atoms with Crippen molar-refractivity contribution in [2.75, 3.05) is 13.6 Å². The Balaban J connectivity index is 2.01. The largest absolute Gasteiger partial charge is 0.488 e. The highest BCUT2D eigenvalue weighted by Gasteiger charge is 2.23. The first kappa shape index (κ1) is 11.6. The van der Waals surface area contributed by atoms with Crippen molar-refractivity contribution in [2.45, 2.75) is 19.4 Å². The fraction of sp³-hybridized carbons (Fsp3) is 0.500. The van der Waals surface area contributed by atoms with E-state index < -0.39 is 7.12 Å². The van der Waals surface area contributed by atoms with Crippen molar-refractivity contribution < 1.29 is 10.0 Å². The average molecular weight is 219 g/mol. The first-order chi connectivity index (χ1) is 7.66. The number of hydrogen-bond donors (Lipinski definition) is 2. The van der Waals surface area contributed by atoms with Crippen molar-refractivity contribution in [3.8, 4) is 0 Å². The Hall–Kier alpha value is -0.835. The molecule has 1 fully saturated rings. The Bertz CT molecular complexity index is 353. The molecule has 1 saturated carbocycles. The third-order valence-electron chi connectivity index (χ3n) is 3.04. The number of hydrogen-bond acceptors (Lipinski definition) is 3. The van der Waals surface area contributed by atoms with Gasteiger partial charge in [-0.25, -0.2) is 0 Å². The van der Waals surface area contributed by atoms with Crippen molar-refractivity contribution in [2.24, 2.45) is 5.92 Å². The second-order valence-electron chi connectivity index (χ2n) is 4.71. The Morgan fingerprint density at radius 3 is 2.62 bits per heavy atom. The molecule has 86 valence electrons. The smallest absolute Gasteiger partial charge is 0.423 e. The van der Waals surface area contributed by atoms with Crippen LogP contribution in [-0.4, -0.2) is 35.7 Å². The molecule has 2 rings (SSSR count). The summed E-state index contributed by atoms with van der Waals surface area (Å²) >= 11 is 0. The molecule has 3 nitrogen and oxygen atoms in total. The minimum Gasteiger partial charge on any atom is -0.423 e. The predicted octanol–water partition coefficient (Wildman–Crippen LogP) is 0.208. The highest BCUT2D eigenvalue weighted by Crippen LogP contribution is 2.29. The van der Waals surface area contributed by atoms with Crippen LogP contribution in [0.25, 0.3) is 0 Å². The van der Waals surface area contributed by atoms with Crippen LogP contribution in [0.4, 0.5) is 0 Å². The van der Waals surface area contributed by atoms with Gasteiger partial charge in [-0.3, -0.25) is 0 Å². The lowest BCUT2D eigenvalue weighted by molar-refractivity contribution is 0.313. The van der Waals surface area contributed by atoms with Crippen LogP contribution in [0.5, 0.6) is 0 Å². The van der Waals surface area contributed by atoms with Gasteiger partial charge in [-0.2, -0.15) is 0 Å². The lowest BCUT2D eigenvalue weighted by Crippen LogP contribution is -2.35. The summed E-state index contributed by atoms with van der Waals surface area (Å²) in [6.07, 6.45) is 2.68. The van der Waals surface area contributed by atoms with Crippen molar-refractivity contribution in [3.63, 3.8) is 0 Å². The maximum atomic E-state index is 9.25. The van der Waals surface area contributed by atoms with Crippen molar-refractivity contribution in [1.29, 1.82) is 0 Å². The summed E-state index contributed by atoms with van der Waals surface area (Å²) in [4.78, 5) is 2.25. The quantitative estimate of drug-likeness (QED) is 0.695. The van der Waals surface area contributed by atoms with Crippen LogP contribution in [0.1, 0.15) is 18.4 Å². The molecule has 0 heterocycles. The molecule has 0 saturated heterocycles. The fourth-order valence-electron chi connectivity index (χ4n) is 2.03. The van der Waals surface area contributed by atoms with Crippen LogP contribution < -0.4 is 5.46 Å². The summed E-state index contributed by atoms with van der Waals surface area (Å²) in [5.74, 6) is 0.858. The number of benzene rings is 1. The maximum absolute atomic E-state index is 9.25. The van der Waals surface area contributed by atoms with E-state index in [1.54, 1.807) is 6.07 Å². The van der Waals surface area contributed by atoms with Crippen LogP contribution in [-0.2, 0) is 6.54 Å². The number of rotatable bonds is 5. The Morgan fingerprint density at radius 1 is 1.31 bits per heavy atom. The zero-order valence-corrected chi connectivity index (χ0v) is 9.63. The molecule has 0 unspecified atom stereocenters. The normalized spacial score (nSPS) is 15.5. The van der Waals surface area contributed by atoms with Crippen molar-refractivity contribution in [1.82, 2.24) is 4.90 Å². The molecule has 1 aliphatic rings. The van der Waals surface area contributed by atoms with Crippen LogP contribution >= 0.6 is 0 Å². The van der Waals surface area contributed by atoms with Gasteiger partial charge in [-0.1, -0.05) is 24.3 Å². The van der Waals surface area contributed by atoms with Crippen LogP contribution in [0.15, 0.2) is 24.3 Å². The third-order valence-corrected chi connectivity index (χ3v) is 3.04. The number of nitrogens with zero attached hydrogens (tertiary/aromatic N) is 1. The SMILES string of the molecule is CN(Cc1ccccc1B(O)O)CC1CC1. The van der Waals surface area contributed by atoms with Gasteiger partial charge >= 0.3 is 7.12 Å². The summed E-state index contributed by atoms with van der Waals surface area (Å²) in [6.45, 7) is 1.89. The lowest BCUT2D eigenvalue weighted by atomic mass is 9.77. The van der Waals surface area contributed by atoms with Gasteiger partial charge in [0.1, 0.15) is 0 Å². The zero-order valence-electron chi connectivity index (χ0n) is 9.63. The molecule has 0 spiro atoms. The summed E-state index contributed by atoms with van der Waals surface area (Å²) in [5.41, 5.74) is 1.62. The Morgan fingerprint density at radius 2 is 2.00 bits per heavy atom. The molecule has 0 aliphatic heterocycles. The predicted molar refractivity (Wildman–Crippen MR) is 65.3 cm³/mol. The van der Waals surface area contributed by atoms with Crippen LogP contribution in [0.3, 0.4) is 0 Å². The Kier molecular flexibility index (Phi) is 3.64. The van der Waals surface area contributed by atoms with Crippen LogP contribution in [0, 0.1) is 5.92 Å². The lowest BCUT2D eigenvalue weighted by Gasteiger charge is -2.18. The minimum absolute atomic E-state index is 0.616. The van der Waals surface area contributed by atoms with Crippen LogP contribution in [0.2, 0.25) is 0 Å². The van der Waals surface area contributed by atoms with Gasteiger partial charge in [0, 0.05) is 13.1 Å². The first-order valence-corrected chi connectivity index (χ1v) is 5.79. The highest BCUT2D eigenvalue weighted by molar-refractivity contribution is 6.59. The second kappa shape index (κ2) is 5.00. The van der Waals surface area contributed by atoms with E-state index in [0.717, 1.165) is 24.6 Å². The molecule has 2 N–H and O–H groups in total. The van der Waals surface area contributed by atoms with E-state index in [1.807, 2.05) is 18.2 Å². The van der Waals surface area contributed by atoms with E-state index in [9.17, 15) is 10.0 Å². The van der Waals surface area contributed by atoms with Crippen molar-refractivity contribution >= 4 is 12.6 Å². The van der Waals surface area contributed by atoms with Gasteiger partial charge < -0.3 is 14.9 Å². The monoisotopic (exact) mass is 219 g/mol. The summed E-state index contributed by atoms with van der Waals surface area (Å²) in [6, 6.07) is 7.49. The molecular weight excluding hydrogens is 201 g/mol. The van der Waals surface area contributed by atoms with E-state index >= 15 is 0 Å². The fourth-order valence-corrected chi connectivity index (χ4v) is 2.03. The first-order valence-electron chi connectivity index (χ1n) is 5.79. The summed E-state index contributed by atoms with van der Waals surface area (Å²) in [7, 11) is 0.712. The molecule has 1 aliphatic carbocycles. The molecule has 1 aromatic carbocycles. The van der Waals surface area contributed by atoms with Gasteiger partial charge in [0.15, 0.2) is 0 Å². The molecule has 16 heavy (non-hydrogen) atoms. The average Bonchev–Trinajstić information content (AvgIpc) is 3.02. The summed E-state index contributed by atoms with van der Waals surface area (Å²) in [5, 5.41) is 18.5. The highest BCUT2D eigenvalue weighted by atomic mass is 16.4. The molecule has 4 heteroatoms. The summed E-state index contributed by atoms with van der Waals surface area (Å²) < 4.78 is 0. The molecule has 0 bridgehead atoms. The van der Waals surface area contributed by atoms with Gasteiger partial charge in [0.25, 0.3) is 0 Å². The molecule has 0 radical (unpaired) electrons. The zero-order chi connectivity index (χ0) is 11.5. The molecule has 0 aromatic heterocycles. The topological polar surface area (TPSA) is 43.7 Å². The molecule has 1 aromatic rings. The molecule has 0 amide bonds. The van der Waals surface area contributed by atoms with E-state index in [2.05, 4.69) is 11.9 Å². The van der Waals surface area contributed by atoms with Gasteiger partial charge in [-0.15, -0.1) is 0 Å². The van der Waals surface area contributed by atoms with Crippen molar-refractivity contribution in [3.05, 3.63) is 29.8 Å². The molecule has 0 atom stereocenters. The molecular formula is C12H18BNO2. The maximum Gasteiger partial charge on any atom is 0.488 e. The van der Waals surface area contributed by atoms with E-state index in [1.165, 1.54) is 12.8 Å². The van der Waals surface area contributed by atoms with E-state index in [-0.39, 0.29) is 0 Å². The van der Waals surface area contributed by atoms with Gasteiger partial charge in [-0.05, 0) is 36.8 Å². The third kappa shape index (κ3) is 3.08. The Labute approximate surface area is 96.9 Å². The van der Waals surface area contributed by atoms with E-state index in [4.69, 9.17) is 0 Å². The second-order valence-corrected chi connectivity index (χ2v) is 4.71. The van der Waals surface area contributed by atoms with Gasteiger partial charge in [0.2, 0.25) is 0 Å². The van der Waals surface area contributed by atoms with E-state index in [0.29, 0.717) is 5.46 Å².